The zero-order chi connectivity index (χ0) is 19.8. The van der Waals surface area contributed by atoms with Crippen LogP contribution < -0.4 is 15.0 Å². The van der Waals surface area contributed by atoms with Gasteiger partial charge in [0.15, 0.2) is 10.8 Å². The average molecular weight is 400 g/mol. The van der Waals surface area contributed by atoms with Crippen LogP contribution in [-0.4, -0.2) is 46.7 Å². The van der Waals surface area contributed by atoms with Crippen LogP contribution in [-0.2, 0) is 4.79 Å². The topological polar surface area (TPSA) is 71.8 Å². The van der Waals surface area contributed by atoms with Crippen molar-refractivity contribution in [2.75, 3.05) is 25.1 Å². The molecule has 146 valence electrons. The summed E-state index contributed by atoms with van der Waals surface area (Å²) in [5, 5.41) is 7.90. The molecule has 1 aliphatic heterocycles. The molecule has 4 rings (SSSR count). The number of amides is 1. The molecular weight excluding hydrogens is 378 g/mol. The molecule has 1 amide bonds. The van der Waals surface area contributed by atoms with Crippen molar-refractivity contribution >= 4 is 28.8 Å². The first kappa shape index (κ1) is 18.6. The number of nitrogens with zero attached hydrogens (tertiary/aromatic N) is 4. The summed E-state index contributed by atoms with van der Waals surface area (Å²) in [7, 11) is 1.65. The van der Waals surface area contributed by atoms with Crippen molar-refractivity contribution in [3.63, 3.8) is 0 Å². The third kappa shape index (κ3) is 3.38. The van der Waals surface area contributed by atoms with Crippen LogP contribution in [0.1, 0.15) is 19.0 Å². The number of benzene rings is 1. The van der Waals surface area contributed by atoms with Gasteiger partial charge in [0.25, 0.3) is 0 Å². The van der Waals surface area contributed by atoms with E-state index in [1.807, 2.05) is 37.3 Å². The van der Waals surface area contributed by atoms with Crippen molar-refractivity contribution in [2.45, 2.75) is 26.3 Å². The average Bonchev–Trinajstić information content (AvgIpc) is 3.24. The molecule has 2 aromatic heterocycles. The van der Waals surface area contributed by atoms with Gasteiger partial charge in [0.1, 0.15) is 5.75 Å². The summed E-state index contributed by atoms with van der Waals surface area (Å²) in [5.41, 5.74) is 4.45. The van der Waals surface area contributed by atoms with E-state index in [0.29, 0.717) is 5.15 Å². The number of nitrogens with one attached hydrogen (secondary N) is 1. The van der Waals surface area contributed by atoms with Crippen LogP contribution in [0.25, 0.3) is 16.9 Å². The van der Waals surface area contributed by atoms with Crippen molar-refractivity contribution in [3.8, 4) is 17.0 Å². The number of hydrogen-bond donors (Lipinski definition) is 1. The summed E-state index contributed by atoms with van der Waals surface area (Å²) in [4.78, 5) is 18.4. The van der Waals surface area contributed by atoms with E-state index in [0.717, 1.165) is 53.5 Å². The second kappa shape index (κ2) is 7.31. The molecule has 0 bridgehead atoms. The minimum Gasteiger partial charge on any atom is -0.497 e. The Kier molecular flexibility index (Phi) is 4.85. The largest absolute Gasteiger partial charge is 0.497 e. The number of aryl methyl sites for hydroxylation is 1. The molecular formula is C20H22ClN5O2. The van der Waals surface area contributed by atoms with Crippen LogP contribution in [0.15, 0.2) is 30.3 Å². The Hall–Kier alpha value is -2.80. The van der Waals surface area contributed by atoms with E-state index in [9.17, 15) is 4.79 Å². The van der Waals surface area contributed by atoms with Gasteiger partial charge >= 0.3 is 0 Å². The number of imidazole rings is 1. The molecule has 1 aliphatic rings. The Balaban J connectivity index is 1.77. The van der Waals surface area contributed by atoms with Crippen molar-refractivity contribution < 1.29 is 9.53 Å². The molecule has 8 heteroatoms. The third-order valence-electron chi connectivity index (χ3n) is 5.01. The Morgan fingerprint density at radius 1 is 1.32 bits per heavy atom. The number of carbonyl (C=O) groups excluding carboxylic acids is 1. The first-order valence-electron chi connectivity index (χ1n) is 9.18. The van der Waals surface area contributed by atoms with E-state index in [1.165, 1.54) is 0 Å². The molecule has 0 aliphatic carbocycles. The zero-order valence-electron chi connectivity index (χ0n) is 16.1. The lowest BCUT2D eigenvalue weighted by atomic mass is 10.1. The number of halogens is 1. The molecule has 1 atom stereocenters. The number of aromatic nitrogens is 3. The predicted molar refractivity (Wildman–Crippen MR) is 109 cm³/mol. The maximum atomic E-state index is 11.4. The Morgan fingerprint density at radius 2 is 2.07 bits per heavy atom. The molecule has 0 saturated carbocycles. The van der Waals surface area contributed by atoms with Crippen LogP contribution in [0.4, 0.5) is 5.69 Å². The van der Waals surface area contributed by atoms with Gasteiger partial charge in [0.2, 0.25) is 5.91 Å². The summed E-state index contributed by atoms with van der Waals surface area (Å²) in [5.74, 6) is 0.784. The summed E-state index contributed by atoms with van der Waals surface area (Å²) in [6.45, 7) is 5.06. The van der Waals surface area contributed by atoms with Gasteiger partial charge < -0.3 is 15.0 Å². The van der Waals surface area contributed by atoms with Gasteiger partial charge in [0, 0.05) is 37.7 Å². The molecule has 7 nitrogen and oxygen atoms in total. The van der Waals surface area contributed by atoms with E-state index >= 15 is 0 Å². The van der Waals surface area contributed by atoms with Crippen LogP contribution in [0.5, 0.6) is 5.75 Å². The third-order valence-corrected chi connectivity index (χ3v) is 5.19. The molecule has 3 aromatic rings. The lowest BCUT2D eigenvalue weighted by Crippen LogP contribution is -2.35. The fourth-order valence-corrected chi connectivity index (χ4v) is 3.96. The zero-order valence-corrected chi connectivity index (χ0v) is 16.8. The maximum absolute atomic E-state index is 11.4. The van der Waals surface area contributed by atoms with Gasteiger partial charge in [-0.05, 0) is 37.6 Å². The highest BCUT2D eigenvalue weighted by Gasteiger charge is 2.27. The first-order valence-corrected chi connectivity index (χ1v) is 9.56. The molecule has 28 heavy (non-hydrogen) atoms. The number of hydrogen-bond acceptors (Lipinski definition) is 5. The predicted octanol–water partition coefficient (Wildman–Crippen LogP) is 3.08. The number of anilines is 1. The molecule has 1 aromatic carbocycles. The number of fused-ring (bicyclic) bond motifs is 1. The highest BCUT2D eigenvalue weighted by atomic mass is 35.5. The lowest BCUT2D eigenvalue weighted by molar-refractivity contribution is -0.119. The SMILES string of the molecule is COc1ccc(-c2c(C)nc3c(N4CCC(NC(C)=O)C4)cc(Cl)nn23)cc1. The minimum absolute atomic E-state index is 0.0109. The monoisotopic (exact) mass is 399 g/mol. The highest BCUT2D eigenvalue weighted by Crippen LogP contribution is 2.32. The summed E-state index contributed by atoms with van der Waals surface area (Å²) in [6, 6.07) is 9.77. The summed E-state index contributed by atoms with van der Waals surface area (Å²) < 4.78 is 7.06. The Morgan fingerprint density at radius 3 is 2.75 bits per heavy atom. The second-order valence-electron chi connectivity index (χ2n) is 6.99. The highest BCUT2D eigenvalue weighted by molar-refractivity contribution is 6.29. The number of rotatable bonds is 4. The quantitative estimate of drug-likeness (QED) is 0.730. The van der Waals surface area contributed by atoms with Crippen LogP contribution in [0.3, 0.4) is 0 Å². The normalized spacial score (nSPS) is 16.6. The molecule has 1 saturated heterocycles. The molecule has 0 radical (unpaired) electrons. The fraction of sp³-hybridized carbons (Fsp3) is 0.350. The van der Waals surface area contributed by atoms with Crippen molar-refractivity contribution in [3.05, 3.63) is 41.2 Å². The molecule has 1 fully saturated rings. The van der Waals surface area contributed by atoms with Gasteiger partial charge in [-0.25, -0.2) is 9.50 Å². The first-order chi connectivity index (χ1) is 13.5. The van der Waals surface area contributed by atoms with Gasteiger partial charge in [-0.2, -0.15) is 5.10 Å². The van der Waals surface area contributed by atoms with E-state index in [1.54, 1.807) is 18.5 Å². The van der Waals surface area contributed by atoms with Crippen LogP contribution >= 0.6 is 11.6 Å². The van der Waals surface area contributed by atoms with E-state index in [-0.39, 0.29) is 11.9 Å². The van der Waals surface area contributed by atoms with Gasteiger partial charge in [0.05, 0.1) is 24.2 Å². The van der Waals surface area contributed by atoms with Crippen molar-refractivity contribution in [2.24, 2.45) is 0 Å². The number of ether oxygens (including phenoxy) is 1. The molecule has 3 heterocycles. The van der Waals surface area contributed by atoms with E-state index in [4.69, 9.17) is 21.3 Å². The maximum Gasteiger partial charge on any atom is 0.217 e. The Bertz CT molecular complexity index is 1030. The summed E-state index contributed by atoms with van der Waals surface area (Å²) >= 11 is 6.36. The molecule has 1 N–H and O–H groups in total. The van der Waals surface area contributed by atoms with Crippen LogP contribution in [0.2, 0.25) is 5.15 Å². The standard InChI is InChI=1S/C20H22ClN5O2/c1-12-19(14-4-6-16(28-3)7-5-14)26-20(22-12)17(10-18(21)24-26)25-9-8-15(11-25)23-13(2)27/h4-7,10,15H,8-9,11H2,1-3H3,(H,23,27). The van der Waals surface area contributed by atoms with Gasteiger partial charge in [-0.3, -0.25) is 4.79 Å². The van der Waals surface area contributed by atoms with Crippen molar-refractivity contribution in [1.82, 2.24) is 19.9 Å². The lowest BCUT2D eigenvalue weighted by Gasteiger charge is -2.19. The smallest absolute Gasteiger partial charge is 0.217 e. The van der Waals surface area contributed by atoms with Crippen molar-refractivity contribution in [1.29, 1.82) is 0 Å². The minimum atomic E-state index is -0.0109. The van der Waals surface area contributed by atoms with Crippen LogP contribution in [0, 0.1) is 6.92 Å². The second-order valence-corrected chi connectivity index (χ2v) is 7.38. The van der Waals surface area contributed by atoms with E-state index < -0.39 is 0 Å². The molecule has 1 unspecified atom stereocenters. The summed E-state index contributed by atoms with van der Waals surface area (Å²) in [6.07, 6.45) is 0.886. The Labute approximate surface area is 168 Å². The number of methoxy groups -OCH3 is 1. The molecule has 0 spiro atoms. The fourth-order valence-electron chi connectivity index (χ4n) is 3.78. The van der Waals surface area contributed by atoms with Gasteiger partial charge in [-0.1, -0.05) is 11.6 Å². The van der Waals surface area contributed by atoms with E-state index in [2.05, 4.69) is 15.3 Å². The van der Waals surface area contributed by atoms with Gasteiger partial charge in [-0.15, -0.1) is 0 Å². The number of carbonyl (C=O) groups is 1.